The van der Waals surface area contributed by atoms with Crippen molar-refractivity contribution in [3.63, 3.8) is 0 Å². The summed E-state index contributed by atoms with van der Waals surface area (Å²) in [6.07, 6.45) is 4.00. The fraction of sp³-hybridized carbons (Fsp3) is 0.0833. The van der Waals surface area contributed by atoms with Crippen LogP contribution < -0.4 is 0 Å². The van der Waals surface area contributed by atoms with Gasteiger partial charge < -0.3 is 4.74 Å². The van der Waals surface area contributed by atoms with Gasteiger partial charge in [0.2, 0.25) is 0 Å². The number of benzene rings is 1. The minimum absolute atomic E-state index is 0.0391. The number of rotatable bonds is 5. The van der Waals surface area contributed by atoms with E-state index in [9.17, 15) is 14.9 Å². The van der Waals surface area contributed by atoms with E-state index in [-0.39, 0.29) is 23.5 Å². The van der Waals surface area contributed by atoms with E-state index in [4.69, 9.17) is 4.74 Å². The van der Waals surface area contributed by atoms with Crippen LogP contribution >= 0.6 is 0 Å². The third-order valence-electron chi connectivity index (χ3n) is 2.41. The predicted molar refractivity (Wildman–Crippen MR) is 68.5 cm³/mol. The zero-order valence-electron chi connectivity index (χ0n) is 10.3. The van der Waals surface area contributed by atoms with Gasteiger partial charge in [-0.3, -0.25) is 10.1 Å². The SMILES string of the molecule is C=CCOC(=O)c1ccc(-n2cncn2)c([N+](=O)[O-])c1. The zero-order chi connectivity index (χ0) is 14.5. The van der Waals surface area contributed by atoms with Gasteiger partial charge in [0, 0.05) is 6.07 Å². The highest BCUT2D eigenvalue weighted by atomic mass is 16.6. The first-order valence-corrected chi connectivity index (χ1v) is 5.55. The van der Waals surface area contributed by atoms with Crippen molar-refractivity contribution in [2.75, 3.05) is 6.61 Å². The molecule has 0 spiro atoms. The lowest BCUT2D eigenvalue weighted by Crippen LogP contribution is -2.07. The van der Waals surface area contributed by atoms with Crippen molar-refractivity contribution >= 4 is 11.7 Å². The van der Waals surface area contributed by atoms with Crippen molar-refractivity contribution in [1.29, 1.82) is 0 Å². The van der Waals surface area contributed by atoms with Crippen LogP contribution in [0.3, 0.4) is 0 Å². The molecule has 0 bridgehead atoms. The Morgan fingerprint density at radius 2 is 2.35 bits per heavy atom. The molecule has 1 heterocycles. The first-order valence-electron chi connectivity index (χ1n) is 5.55. The second-order valence-corrected chi connectivity index (χ2v) is 3.69. The number of nitrogens with zero attached hydrogens (tertiary/aromatic N) is 4. The van der Waals surface area contributed by atoms with Crippen LogP contribution in [-0.4, -0.2) is 32.3 Å². The molecule has 0 aliphatic carbocycles. The van der Waals surface area contributed by atoms with Crippen LogP contribution in [-0.2, 0) is 4.74 Å². The van der Waals surface area contributed by atoms with Crippen molar-refractivity contribution in [1.82, 2.24) is 14.8 Å². The summed E-state index contributed by atoms with van der Waals surface area (Å²) in [5, 5.41) is 14.9. The lowest BCUT2D eigenvalue weighted by Gasteiger charge is -2.05. The fourth-order valence-electron chi connectivity index (χ4n) is 1.54. The third kappa shape index (κ3) is 2.69. The number of ether oxygens (including phenoxy) is 1. The van der Waals surface area contributed by atoms with Gasteiger partial charge in [0.05, 0.1) is 10.5 Å². The quantitative estimate of drug-likeness (QED) is 0.354. The number of carbonyl (C=O) groups excluding carboxylic acids is 1. The molecular weight excluding hydrogens is 264 g/mol. The van der Waals surface area contributed by atoms with Crippen LogP contribution in [0.4, 0.5) is 5.69 Å². The largest absolute Gasteiger partial charge is 0.458 e. The van der Waals surface area contributed by atoms with E-state index in [1.165, 1.54) is 35.5 Å². The first kappa shape index (κ1) is 13.4. The number of esters is 1. The van der Waals surface area contributed by atoms with E-state index in [0.29, 0.717) is 0 Å². The Balaban J connectivity index is 2.40. The molecule has 20 heavy (non-hydrogen) atoms. The van der Waals surface area contributed by atoms with Crippen molar-refractivity contribution in [2.45, 2.75) is 0 Å². The van der Waals surface area contributed by atoms with Crippen molar-refractivity contribution < 1.29 is 14.5 Å². The van der Waals surface area contributed by atoms with E-state index in [1.54, 1.807) is 0 Å². The summed E-state index contributed by atoms with van der Waals surface area (Å²) in [6, 6.07) is 3.98. The molecule has 0 saturated carbocycles. The molecule has 0 atom stereocenters. The van der Waals surface area contributed by atoms with Crippen LogP contribution in [0.15, 0.2) is 43.5 Å². The van der Waals surface area contributed by atoms with E-state index in [1.807, 2.05) is 0 Å². The van der Waals surface area contributed by atoms with Crippen molar-refractivity contribution in [2.24, 2.45) is 0 Å². The van der Waals surface area contributed by atoms with Gasteiger partial charge in [-0.25, -0.2) is 14.5 Å². The minimum atomic E-state index is -0.654. The van der Waals surface area contributed by atoms with Gasteiger partial charge in [0.15, 0.2) is 0 Å². The van der Waals surface area contributed by atoms with Gasteiger partial charge in [-0.05, 0) is 12.1 Å². The fourth-order valence-corrected chi connectivity index (χ4v) is 1.54. The molecule has 102 valence electrons. The number of aromatic nitrogens is 3. The normalized spacial score (nSPS) is 10.0. The lowest BCUT2D eigenvalue weighted by atomic mass is 10.1. The average Bonchev–Trinajstić information content (AvgIpc) is 2.98. The maximum atomic E-state index is 11.6. The molecule has 0 fully saturated rings. The average molecular weight is 274 g/mol. The maximum Gasteiger partial charge on any atom is 0.338 e. The Morgan fingerprint density at radius 1 is 1.55 bits per heavy atom. The topological polar surface area (TPSA) is 100 Å². The standard InChI is InChI=1S/C12H10N4O4/c1-2-5-20-12(17)9-3-4-10(11(6-9)16(18)19)15-8-13-7-14-15/h2-4,6-8H,1,5H2. The van der Waals surface area contributed by atoms with Crippen LogP contribution in [0.25, 0.3) is 5.69 Å². The summed E-state index contributed by atoms with van der Waals surface area (Å²) in [4.78, 5) is 25.9. The Morgan fingerprint density at radius 3 is 2.95 bits per heavy atom. The molecule has 0 unspecified atom stereocenters. The Hall–Kier alpha value is -3.03. The van der Waals surface area contributed by atoms with Crippen molar-refractivity contribution in [3.8, 4) is 5.69 Å². The van der Waals surface area contributed by atoms with Gasteiger partial charge in [0.25, 0.3) is 5.69 Å². The molecule has 2 rings (SSSR count). The van der Waals surface area contributed by atoms with Crippen LogP contribution in [0.1, 0.15) is 10.4 Å². The van der Waals surface area contributed by atoms with Crippen LogP contribution in [0.5, 0.6) is 0 Å². The molecule has 0 radical (unpaired) electrons. The number of nitro groups is 1. The number of hydrogen-bond donors (Lipinski definition) is 0. The third-order valence-corrected chi connectivity index (χ3v) is 2.41. The second-order valence-electron chi connectivity index (χ2n) is 3.69. The molecule has 0 amide bonds. The van der Waals surface area contributed by atoms with Crippen LogP contribution in [0.2, 0.25) is 0 Å². The minimum Gasteiger partial charge on any atom is -0.458 e. The summed E-state index contributed by atoms with van der Waals surface area (Å²) in [5.41, 5.74) is 0.0405. The van der Waals surface area contributed by atoms with E-state index in [2.05, 4.69) is 16.7 Å². The van der Waals surface area contributed by atoms with Gasteiger partial charge in [-0.15, -0.1) is 0 Å². The van der Waals surface area contributed by atoms with Gasteiger partial charge in [-0.2, -0.15) is 5.10 Å². The number of hydrogen-bond acceptors (Lipinski definition) is 6. The first-order chi connectivity index (χ1) is 9.63. The molecule has 8 nitrogen and oxygen atoms in total. The second kappa shape index (κ2) is 5.74. The summed E-state index contributed by atoms with van der Waals surface area (Å²) < 4.78 is 6.08. The zero-order valence-corrected chi connectivity index (χ0v) is 10.3. The molecular formula is C12H10N4O4. The highest BCUT2D eigenvalue weighted by Crippen LogP contribution is 2.23. The Kier molecular flexibility index (Phi) is 3.85. The van der Waals surface area contributed by atoms with Crippen molar-refractivity contribution in [3.05, 3.63) is 59.2 Å². The van der Waals surface area contributed by atoms with Crippen LogP contribution in [0, 0.1) is 10.1 Å². The number of carbonyl (C=O) groups is 1. The van der Waals surface area contributed by atoms with E-state index >= 15 is 0 Å². The molecule has 0 saturated heterocycles. The highest BCUT2D eigenvalue weighted by Gasteiger charge is 2.19. The van der Waals surface area contributed by atoms with Gasteiger partial charge >= 0.3 is 5.97 Å². The van der Waals surface area contributed by atoms with Gasteiger partial charge in [0.1, 0.15) is 24.9 Å². The Labute approximate surface area is 113 Å². The van der Waals surface area contributed by atoms with E-state index in [0.717, 1.165) is 6.07 Å². The molecule has 2 aromatic rings. The maximum absolute atomic E-state index is 11.6. The molecule has 1 aromatic carbocycles. The molecule has 0 aliphatic heterocycles. The molecule has 8 heteroatoms. The molecule has 1 aromatic heterocycles. The lowest BCUT2D eigenvalue weighted by molar-refractivity contribution is -0.384. The summed E-state index contributed by atoms with van der Waals surface area (Å²) >= 11 is 0. The highest BCUT2D eigenvalue weighted by molar-refractivity contribution is 5.90. The molecule has 0 N–H and O–H groups in total. The summed E-state index contributed by atoms with van der Waals surface area (Å²) in [5.74, 6) is -0.654. The van der Waals surface area contributed by atoms with E-state index < -0.39 is 10.9 Å². The smallest absolute Gasteiger partial charge is 0.338 e. The molecule has 0 aliphatic rings. The summed E-state index contributed by atoms with van der Waals surface area (Å²) in [7, 11) is 0. The summed E-state index contributed by atoms with van der Waals surface area (Å²) in [6.45, 7) is 3.46. The monoisotopic (exact) mass is 274 g/mol. The Bertz CT molecular complexity index is 651. The van der Waals surface area contributed by atoms with Gasteiger partial charge in [-0.1, -0.05) is 12.7 Å². The predicted octanol–water partition coefficient (Wildman–Crippen LogP) is 1.52. The number of nitro benzene ring substituents is 1.